The molecule has 24 heavy (non-hydrogen) atoms. The normalized spacial score (nSPS) is 12.2. The Labute approximate surface area is 143 Å². The summed E-state index contributed by atoms with van der Waals surface area (Å²) in [4.78, 5) is 16.0. The molecule has 130 valence electrons. The molecular weight excluding hydrogens is 302 g/mol. The van der Waals surface area contributed by atoms with E-state index in [4.69, 9.17) is 0 Å². The third kappa shape index (κ3) is 4.83. The van der Waals surface area contributed by atoms with Crippen molar-refractivity contribution < 1.29 is 4.79 Å². The monoisotopic (exact) mass is 329 g/mol. The van der Waals surface area contributed by atoms with Gasteiger partial charge in [-0.25, -0.2) is 4.79 Å². The summed E-state index contributed by atoms with van der Waals surface area (Å²) in [5.41, 5.74) is 2.86. The number of hydrogen-bond donors (Lipinski definition) is 2. The van der Waals surface area contributed by atoms with Crippen LogP contribution >= 0.6 is 0 Å². The lowest BCUT2D eigenvalue weighted by atomic mass is 10.1. The van der Waals surface area contributed by atoms with Gasteiger partial charge in [-0.05, 0) is 40.1 Å². The summed E-state index contributed by atoms with van der Waals surface area (Å²) in [5, 5.41) is 10.4. The second-order valence-electron chi connectivity index (χ2n) is 6.25. The summed E-state index contributed by atoms with van der Waals surface area (Å²) >= 11 is 0. The molecular formula is C18H27N5O. The first kappa shape index (κ1) is 18.0. The maximum absolute atomic E-state index is 12.2. The van der Waals surface area contributed by atoms with E-state index >= 15 is 0 Å². The van der Waals surface area contributed by atoms with E-state index in [9.17, 15) is 4.79 Å². The Balaban J connectivity index is 1.92. The number of H-pyrrole nitrogens is 1. The second-order valence-corrected chi connectivity index (χ2v) is 6.25. The van der Waals surface area contributed by atoms with Crippen LogP contribution in [0.2, 0.25) is 0 Å². The van der Waals surface area contributed by atoms with Crippen molar-refractivity contribution in [3.63, 3.8) is 0 Å². The van der Waals surface area contributed by atoms with Crippen molar-refractivity contribution in [2.24, 2.45) is 0 Å². The minimum Gasteiger partial charge on any atom is -0.338 e. The first-order valence-corrected chi connectivity index (χ1v) is 8.25. The molecule has 0 unspecified atom stereocenters. The van der Waals surface area contributed by atoms with Crippen LogP contribution in [0.4, 0.5) is 4.79 Å². The number of aromatic nitrogens is 2. The van der Waals surface area contributed by atoms with Gasteiger partial charge < -0.3 is 15.1 Å². The molecule has 2 rings (SSSR count). The van der Waals surface area contributed by atoms with Crippen LogP contribution in [-0.2, 0) is 0 Å². The van der Waals surface area contributed by atoms with Crippen molar-refractivity contribution in [2.45, 2.75) is 19.4 Å². The molecule has 2 aromatic rings. The van der Waals surface area contributed by atoms with Crippen LogP contribution in [0.1, 0.15) is 25.1 Å². The number of urea groups is 1. The molecule has 6 nitrogen and oxygen atoms in total. The van der Waals surface area contributed by atoms with Crippen molar-refractivity contribution in [3.8, 4) is 11.3 Å². The van der Waals surface area contributed by atoms with E-state index < -0.39 is 0 Å². The Morgan fingerprint density at radius 3 is 2.62 bits per heavy atom. The van der Waals surface area contributed by atoms with Gasteiger partial charge in [0.2, 0.25) is 0 Å². The molecule has 1 atom stereocenters. The van der Waals surface area contributed by atoms with Crippen LogP contribution in [0.25, 0.3) is 11.3 Å². The molecule has 6 heteroatoms. The fraction of sp³-hybridized carbons (Fsp3) is 0.444. The number of aromatic amines is 1. The Hall–Kier alpha value is -2.34. The Kier molecular flexibility index (Phi) is 6.37. The summed E-state index contributed by atoms with van der Waals surface area (Å²) in [6.45, 7) is 3.62. The van der Waals surface area contributed by atoms with Gasteiger partial charge in [0.15, 0.2) is 0 Å². The fourth-order valence-corrected chi connectivity index (χ4v) is 2.41. The van der Waals surface area contributed by atoms with Crippen LogP contribution in [-0.4, -0.2) is 60.3 Å². The average molecular weight is 329 g/mol. The van der Waals surface area contributed by atoms with E-state index in [1.807, 2.05) is 57.4 Å². The second kappa shape index (κ2) is 8.49. The van der Waals surface area contributed by atoms with Gasteiger partial charge >= 0.3 is 6.03 Å². The molecule has 0 aliphatic heterocycles. The largest absolute Gasteiger partial charge is 0.338 e. The smallest absolute Gasteiger partial charge is 0.317 e. The lowest BCUT2D eigenvalue weighted by Crippen LogP contribution is -2.39. The number of carbonyl (C=O) groups is 1. The predicted molar refractivity (Wildman–Crippen MR) is 96.8 cm³/mol. The van der Waals surface area contributed by atoms with E-state index in [2.05, 4.69) is 20.4 Å². The number of amides is 2. The summed E-state index contributed by atoms with van der Waals surface area (Å²) in [5.74, 6) is 0. The van der Waals surface area contributed by atoms with E-state index in [0.717, 1.165) is 29.9 Å². The average Bonchev–Trinajstić information content (AvgIpc) is 3.08. The van der Waals surface area contributed by atoms with Gasteiger partial charge in [0.05, 0.1) is 17.4 Å². The van der Waals surface area contributed by atoms with E-state index in [1.165, 1.54) is 0 Å². The van der Waals surface area contributed by atoms with Gasteiger partial charge in [0, 0.05) is 19.2 Å². The quantitative estimate of drug-likeness (QED) is 0.768. The van der Waals surface area contributed by atoms with Crippen LogP contribution < -0.4 is 5.32 Å². The van der Waals surface area contributed by atoms with Gasteiger partial charge in [-0.2, -0.15) is 5.10 Å². The lowest BCUT2D eigenvalue weighted by Gasteiger charge is -2.24. The number of rotatable bonds is 7. The maximum Gasteiger partial charge on any atom is 0.317 e. The van der Waals surface area contributed by atoms with Crippen molar-refractivity contribution in [3.05, 3.63) is 42.1 Å². The molecule has 1 aromatic carbocycles. The summed E-state index contributed by atoms with van der Waals surface area (Å²) < 4.78 is 0. The molecule has 2 amide bonds. The zero-order chi connectivity index (χ0) is 17.5. The van der Waals surface area contributed by atoms with E-state index in [0.29, 0.717) is 6.54 Å². The zero-order valence-corrected chi connectivity index (χ0v) is 14.9. The maximum atomic E-state index is 12.2. The first-order valence-electron chi connectivity index (χ1n) is 8.25. The van der Waals surface area contributed by atoms with E-state index in [1.54, 1.807) is 11.9 Å². The van der Waals surface area contributed by atoms with Crippen molar-refractivity contribution in [1.29, 1.82) is 0 Å². The first-order chi connectivity index (χ1) is 11.5. The molecule has 0 radical (unpaired) electrons. The van der Waals surface area contributed by atoms with Gasteiger partial charge in [-0.1, -0.05) is 30.3 Å². The highest BCUT2D eigenvalue weighted by atomic mass is 16.2. The van der Waals surface area contributed by atoms with Gasteiger partial charge in [0.1, 0.15) is 0 Å². The lowest BCUT2D eigenvalue weighted by molar-refractivity contribution is 0.193. The standard InChI is InChI=1S/C18H27N5O/c1-14(23(4)18(24)19-11-8-12-22(2)3)16-13-17(21-20-16)15-9-6-5-7-10-15/h5-7,9-10,13-14H,8,11-12H2,1-4H3,(H,19,24)(H,20,21)/t14-/m1/s1. The SMILES string of the molecule is C[C@H](c1cc(-c2ccccc2)n[nH]1)N(C)C(=O)NCCCN(C)C. The molecule has 0 fully saturated rings. The minimum atomic E-state index is -0.0798. The van der Waals surface area contributed by atoms with Gasteiger partial charge in [-0.3, -0.25) is 5.10 Å². The summed E-state index contributed by atoms with van der Waals surface area (Å²) in [7, 11) is 5.85. The highest BCUT2D eigenvalue weighted by Gasteiger charge is 2.19. The molecule has 0 saturated heterocycles. The van der Waals surface area contributed by atoms with Gasteiger partial charge in [-0.15, -0.1) is 0 Å². The number of hydrogen-bond acceptors (Lipinski definition) is 3. The molecule has 1 heterocycles. The number of benzene rings is 1. The predicted octanol–water partition coefficient (Wildman–Crippen LogP) is 2.73. The Bertz CT molecular complexity index is 638. The molecule has 0 saturated carbocycles. The van der Waals surface area contributed by atoms with Crippen molar-refractivity contribution in [1.82, 2.24) is 25.3 Å². The molecule has 0 aliphatic rings. The van der Waals surface area contributed by atoms with E-state index in [-0.39, 0.29) is 12.1 Å². The summed E-state index contributed by atoms with van der Waals surface area (Å²) in [6, 6.07) is 11.8. The molecule has 2 N–H and O–H groups in total. The Morgan fingerprint density at radius 2 is 1.96 bits per heavy atom. The third-order valence-corrected chi connectivity index (χ3v) is 4.08. The third-order valence-electron chi connectivity index (χ3n) is 4.08. The minimum absolute atomic E-state index is 0.0721. The van der Waals surface area contributed by atoms with Crippen LogP contribution in [0.3, 0.4) is 0 Å². The fourth-order valence-electron chi connectivity index (χ4n) is 2.41. The zero-order valence-electron chi connectivity index (χ0n) is 14.9. The van der Waals surface area contributed by atoms with Crippen LogP contribution in [0.15, 0.2) is 36.4 Å². The van der Waals surface area contributed by atoms with Crippen molar-refractivity contribution in [2.75, 3.05) is 34.2 Å². The highest BCUT2D eigenvalue weighted by Crippen LogP contribution is 2.22. The topological polar surface area (TPSA) is 64.3 Å². The van der Waals surface area contributed by atoms with Crippen molar-refractivity contribution >= 4 is 6.03 Å². The number of nitrogens with one attached hydrogen (secondary N) is 2. The summed E-state index contributed by atoms with van der Waals surface area (Å²) in [6.07, 6.45) is 0.934. The number of nitrogens with zero attached hydrogens (tertiary/aromatic N) is 3. The molecule has 0 spiro atoms. The Morgan fingerprint density at radius 1 is 1.25 bits per heavy atom. The molecule has 1 aromatic heterocycles. The van der Waals surface area contributed by atoms with Gasteiger partial charge in [0.25, 0.3) is 0 Å². The molecule has 0 aliphatic carbocycles. The van der Waals surface area contributed by atoms with Crippen LogP contribution in [0, 0.1) is 0 Å². The molecule has 0 bridgehead atoms. The number of carbonyl (C=O) groups excluding carboxylic acids is 1. The highest BCUT2D eigenvalue weighted by molar-refractivity contribution is 5.74. The van der Waals surface area contributed by atoms with Crippen LogP contribution in [0.5, 0.6) is 0 Å².